The van der Waals surface area contributed by atoms with Crippen LogP contribution in [0.15, 0.2) is 54.7 Å². The fraction of sp³-hybridized carbons (Fsp3) is 0.355. The number of benzene rings is 1. The maximum Gasteiger partial charge on any atom is 0.326 e. The molecule has 0 bridgehead atoms. The molecule has 0 spiro atoms. The van der Waals surface area contributed by atoms with Crippen molar-refractivity contribution in [2.45, 2.75) is 63.2 Å². The average Bonchev–Trinajstić information content (AvgIpc) is 3.05. The monoisotopic (exact) mass is 651 g/mol. The number of carbonyl (C=O) groups is 6. The molecule has 47 heavy (non-hydrogen) atoms. The first-order chi connectivity index (χ1) is 22.5. The molecule has 4 amide bonds. The fourth-order valence-corrected chi connectivity index (χ4v) is 4.50. The molecule has 2 aromatic heterocycles. The Morgan fingerprint density at radius 3 is 2.13 bits per heavy atom. The summed E-state index contributed by atoms with van der Waals surface area (Å²) in [6.45, 7) is 0.373. The van der Waals surface area contributed by atoms with Gasteiger partial charge in [-0.25, -0.2) is 14.4 Å². The normalized spacial score (nSPS) is 12.7. The van der Waals surface area contributed by atoms with Crippen LogP contribution >= 0.6 is 0 Å². The largest absolute Gasteiger partial charge is 0.481 e. The number of fused-ring (bicyclic) bond motifs is 1. The van der Waals surface area contributed by atoms with Crippen molar-refractivity contribution in [3.8, 4) is 0 Å². The van der Waals surface area contributed by atoms with Crippen molar-refractivity contribution in [1.82, 2.24) is 31.2 Å². The molecule has 3 rings (SSSR count). The number of nitrogens with zero attached hydrogens (tertiary/aromatic N) is 2. The van der Waals surface area contributed by atoms with Crippen LogP contribution in [0, 0.1) is 0 Å². The van der Waals surface area contributed by atoms with Gasteiger partial charge < -0.3 is 42.3 Å². The van der Waals surface area contributed by atoms with Crippen molar-refractivity contribution >= 4 is 46.7 Å². The second-order valence-corrected chi connectivity index (χ2v) is 10.6. The molecule has 0 aliphatic rings. The predicted octanol–water partition coefficient (Wildman–Crippen LogP) is 0.787. The van der Waals surface area contributed by atoms with Gasteiger partial charge in [0.1, 0.15) is 23.8 Å². The Morgan fingerprint density at radius 1 is 0.787 bits per heavy atom. The van der Waals surface area contributed by atoms with Gasteiger partial charge in [-0.05, 0) is 49.4 Å². The number of aromatic nitrogens is 2. The Balaban J connectivity index is 1.57. The Bertz CT molecular complexity index is 1580. The van der Waals surface area contributed by atoms with Crippen LogP contribution in [0.1, 0.15) is 53.8 Å². The molecule has 1 aromatic carbocycles. The third kappa shape index (κ3) is 11.7. The van der Waals surface area contributed by atoms with Crippen molar-refractivity contribution in [3.05, 3.63) is 71.7 Å². The van der Waals surface area contributed by atoms with E-state index in [0.29, 0.717) is 12.1 Å². The summed E-state index contributed by atoms with van der Waals surface area (Å²) >= 11 is 0. The number of amides is 4. The molecule has 0 aliphatic heterocycles. The first-order valence-electron chi connectivity index (χ1n) is 14.8. The van der Waals surface area contributed by atoms with Gasteiger partial charge in [0.2, 0.25) is 5.91 Å². The summed E-state index contributed by atoms with van der Waals surface area (Å²) in [7, 11) is 0. The zero-order chi connectivity index (χ0) is 34.3. The molecule has 16 heteroatoms. The molecule has 0 radical (unpaired) electrons. The Hall–Kier alpha value is -5.64. The zero-order valence-electron chi connectivity index (χ0n) is 25.3. The Kier molecular flexibility index (Phi) is 13.5. The first-order valence-corrected chi connectivity index (χ1v) is 14.8. The Morgan fingerprint density at radius 2 is 1.49 bits per heavy atom. The maximum absolute atomic E-state index is 13.2. The summed E-state index contributed by atoms with van der Waals surface area (Å²) < 4.78 is 0. The van der Waals surface area contributed by atoms with E-state index in [1.807, 2.05) is 30.3 Å². The minimum atomic E-state index is -1.52. The van der Waals surface area contributed by atoms with E-state index in [2.05, 4.69) is 31.2 Å². The molecule has 0 aliphatic carbocycles. The highest BCUT2D eigenvalue weighted by Crippen LogP contribution is 2.13. The van der Waals surface area contributed by atoms with Crippen LogP contribution in [-0.2, 0) is 32.1 Å². The number of nitrogens with two attached hydrogens (primary N) is 1. The van der Waals surface area contributed by atoms with E-state index < -0.39 is 60.3 Å². The number of para-hydroxylation sites is 1. The van der Waals surface area contributed by atoms with Gasteiger partial charge in [-0.3, -0.25) is 24.4 Å². The molecular formula is C31H37N7O9. The molecule has 3 atom stereocenters. The van der Waals surface area contributed by atoms with Crippen molar-refractivity contribution < 1.29 is 44.1 Å². The number of carbonyl (C=O) groups excluding carboxylic acids is 3. The van der Waals surface area contributed by atoms with Crippen LogP contribution in [0.2, 0.25) is 0 Å². The van der Waals surface area contributed by atoms with E-state index in [0.717, 1.165) is 16.5 Å². The number of hydrogen-bond donors (Lipinski definition) is 8. The predicted molar refractivity (Wildman–Crippen MR) is 167 cm³/mol. The highest BCUT2D eigenvalue weighted by atomic mass is 16.4. The average molecular weight is 652 g/mol. The molecule has 3 aromatic rings. The SMILES string of the molecule is NCc1ccc(C(=O)N[C@@H](Cc2ccc3ccccc3n2)C(=O)NCCCC[C@H](NC(=O)N[C@@H](CCC(=O)O)C(=O)O)C(=O)O)nc1. The number of nitrogens with one attached hydrogen (secondary N) is 4. The Labute approximate surface area is 269 Å². The molecular weight excluding hydrogens is 614 g/mol. The van der Waals surface area contributed by atoms with E-state index in [9.17, 15) is 39.0 Å². The van der Waals surface area contributed by atoms with Gasteiger partial charge >= 0.3 is 23.9 Å². The second kappa shape index (κ2) is 17.7. The van der Waals surface area contributed by atoms with Crippen LogP contribution in [0.5, 0.6) is 0 Å². The lowest BCUT2D eigenvalue weighted by molar-refractivity contribution is -0.140. The quantitative estimate of drug-likeness (QED) is 0.0888. The van der Waals surface area contributed by atoms with Gasteiger partial charge in [-0.1, -0.05) is 30.3 Å². The highest BCUT2D eigenvalue weighted by molar-refractivity contribution is 5.96. The lowest BCUT2D eigenvalue weighted by Gasteiger charge is -2.19. The number of aliphatic carboxylic acids is 3. The maximum atomic E-state index is 13.2. The van der Waals surface area contributed by atoms with Crippen molar-refractivity contribution in [1.29, 1.82) is 0 Å². The van der Waals surface area contributed by atoms with Gasteiger partial charge in [0.25, 0.3) is 5.91 Å². The van der Waals surface area contributed by atoms with E-state index >= 15 is 0 Å². The number of unbranched alkanes of at least 4 members (excludes halogenated alkanes) is 1. The lowest BCUT2D eigenvalue weighted by Crippen LogP contribution is -2.51. The minimum Gasteiger partial charge on any atom is -0.481 e. The first kappa shape index (κ1) is 35.8. The van der Waals surface area contributed by atoms with Gasteiger partial charge in [0.15, 0.2) is 0 Å². The van der Waals surface area contributed by atoms with Crippen molar-refractivity contribution in [3.63, 3.8) is 0 Å². The highest BCUT2D eigenvalue weighted by Gasteiger charge is 2.26. The summed E-state index contributed by atoms with van der Waals surface area (Å²) in [4.78, 5) is 80.9. The van der Waals surface area contributed by atoms with Crippen LogP contribution < -0.4 is 27.0 Å². The van der Waals surface area contributed by atoms with Gasteiger partial charge in [-0.15, -0.1) is 0 Å². The van der Waals surface area contributed by atoms with Crippen LogP contribution in [0.4, 0.5) is 4.79 Å². The molecule has 250 valence electrons. The summed E-state index contributed by atoms with van der Waals surface area (Å²) in [6.07, 6.45) is 1.18. The summed E-state index contributed by atoms with van der Waals surface area (Å²) in [5.74, 6) is -5.14. The number of rotatable bonds is 18. The molecule has 9 N–H and O–H groups in total. The summed E-state index contributed by atoms with van der Waals surface area (Å²) in [6, 6.07) is 9.28. The second-order valence-electron chi connectivity index (χ2n) is 10.6. The smallest absolute Gasteiger partial charge is 0.326 e. The van der Waals surface area contributed by atoms with Gasteiger partial charge in [0.05, 0.1) is 5.52 Å². The van der Waals surface area contributed by atoms with Gasteiger partial charge in [0, 0.05) is 43.2 Å². The van der Waals surface area contributed by atoms with Crippen LogP contribution in [0.25, 0.3) is 10.9 Å². The zero-order valence-corrected chi connectivity index (χ0v) is 25.3. The van der Waals surface area contributed by atoms with Gasteiger partial charge in [-0.2, -0.15) is 0 Å². The topological polar surface area (TPSA) is 263 Å². The molecule has 16 nitrogen and oxygen atoms in total. The summed E-state index contributed by atoms with van der Waals surface area (Å²) in [5, 5.41) is 38.1. The standard InChI is InChI=1S/C31H37N7O9/c32-16-18-8-11-22(34-17-18)28(42)36-25(15-20-10-9-19-5-1-2-6-21(19)35-20)27(41)33-14-4-3-7-23(29(43)44)37-31(47)38-24(30(45)46)12-13-26(39)40/h1-2,5-6,8-11,17,23-25H,3-4,7,12-16,32H2,(H,33,41)(H,36,42)(H,39,40)(H,43,44)(H,45,46)(H2,37,38,47)/t23-,24-,25-/m0/s1. The van der Waals surface area contributed by atoms with E-state index in [1.165, 1.54) is 12.3 Å². The number of urea groups is 1. The van der Waals surface area contributed by atoms with Crippen LogP contribution in [0.3, 0.4) is 0 Å². The van der Waals surface area contributed by atoms with E-state index in [-0.39, 0.29) is 44.5 Å². The van der Waals surface area contributed by atoms with Crippen molar-refractivity contribution in [2.75, 3.05) is 6.54 Å². The molecule has 0 saturated heterocycles. The number of carboxylic acids is 3. The van der Waals surface area contributed by atoms with Crippen LogP contribution in [-0.4, -0.2) is 85.7 Å². The number of pyridine rings is 2. The number of carboxylic acid groups (broad SMARTS) is 3. The molecule has 0 unspecified atom stereocenters. The third-order valence-corrected chi connectivity index (χ3v) is 7.06. The molecule has 0 saturated carbocycles. The van der Waals surface area contributed by atoms with E-state index in [1.54, 1.807) is 12.1 Å². The molecule has 0 fully saturated rings. The minimum absolute atomic E-state index is 0.0445. The number of hydrogen-bond acceptors (Lipinski definition) is 9. The summed E-state index contributed by atoms with van der Waals surface area (Å²) in [5.41, 5.74) is 7.72. The fourth-order valence-electron chi connectivity index (χ4n) is 4.50. The van der Waals surface area contributed by atoms with E-state index in [4.69, 9.17) is 10.8 Å². The molecule has 2 heterocycles. The lowest BCUT2D eigenvalue weighted by atomic mass is 10.1. The third-order valence-electron chi connectivity index (χ3n) is 7.06. The van der Waals surface area contributed by atoms with Crippen molar-refractivity contribution in [2.24, 2.45) is 5.73 Å².